The number of hydrogen-bond donors (Lipinski definition) is 3. The van der Waals surface area contributed by atoms with Gasteiger partial charge in [0, 0.05) is 37.9 Å². The molecule has 0 radical (unpaired) electrons. The summed E-state index contributed by atoms with van der Waals surface area (Å²) in [4.78, 5) is 12.7. The average Bonchev–Trinajstić information content (AvgIpc) is 3.13. The minimum absolute atomic E-state index is 0.590. The molecule has 8 heteroatoms. The molecule has 0 aromatic carbocycles. The molecule has 0 saturated heterocycles. The first-order valence-electron chi connectivity index (χ1n) is 6.37. The van der Waals surface area contributed by atoms with Gasteiger partial charge in [-0.15, -0.1) is 0 Å². The molecule has 0 spiro atoms. The largest absolute Gasteiger partial charge is 0.367 e. The van der Waals surface area contributed by atoms with E-state index in [1.807, 2.05) is 27.7 Å². The maximum absolute atomic E-state index is 5.41. The van der Waals surface area contributed by atoms with Gasteiger partial charge in [0.2, 0.25) is 0 Å². The second-order valence-electron chi connectivity index (χ2n) is 4.36. The fourth-order valence-electron chi connectivity index (χ4n) is 2.01. The second-order valence-corrected chi connectivity index (χ2v) is 4.36. The number of hydrazine groups is 1. The van der Waals surface area contributed by atoms with E-state index in [4.69, 9.17) is 5.84 Å². The summed E-state index contributed by atoms with van der Waals surface area (Å²) >= 11 is 0. The Morgan fingerprint density at radius 2 is 2.20 bits per heavy atom. The molecule has 0 saturated carbocycles. The molecule has 0 aliphatic rings. The van der Waals surface area contributed by atoms with Gasteiger partial charge < -0.3 is 19.7 Å². The Balaban J connectivity index is 1.65. The number of nitrogens with two attached hydrogens (primary N) is 1. The van der Waals surface area contributed by atoms with Crippen LogP contribution >= 0.6 is 0 Å². The lowest BCUT2D eigenvalue weighted by molar-refractivity contribution is 0.660. The second kappa shape index (κ2) is 5.57. The van der Waals surface area contributed by atoms with Gasteiger partial charge in [0.15, 0.2) is 17.3 Å². The molecule has 3 aromatic rings. The Bertz CT molecular complexity index is 672. The first kappa shape index (κ1) is 12.4. The Morgan fingerprint density at radius 1 is 1.25 bits per heavy atom. The Kier molecular flexibility index (Phi) is 3.46. The minimum Gasteiger partial charge on any atom is -0.367 e. The summed E-state index contributed by atoms with van der Waals surface area (Å²) in [5, 5.41) is 3.29. The SMILES string of the molecule is NNc1cn2ccnc2c(NCCCn2ccnc2)n1. The van der Waals surface area contributed by atoms with Crippen molar-refractivity contribution >= 4 is 17.3 Å². The lowest BCUT2D eigenvalue weighted by Crippen LogP contribution is -2.13. The van der Waals surface area contributed by atoms with Crippen LogP contribution in [0.1, 0.15) is 6.42 Å². The van der Waals surface area contributed by atoms with Gasteiger partial charge in [-0.3, -0.25) is 0 Å². The molecular formula is C12H16N8. The number of hydrogen-bond acceptors (Lipinski definition) is 6. The monoisotopic (exact) mass is 272 g/mol. The fraction of sp³-hybridized carbons (Fsp3) is 0.250. The Morgan fingerprint density at radius 3 is 3.00 bits per heavy atom. The molecule has 20 heavy (non-hydrogen) atoms. The van der Waals surface area contributed by atoms with Gasteiger partial charge in [0.05, 0.1) is 12.5 Å². The van der Waals surface area contributed by atoms with E-state index in [2.05, 4.69) is 25.7 Å². The third-order valence-corrected chi connectivity index (χ3v) is 2.97. The lowest BCUT2D eigenvalue weighted by atomic mass is 10.4. The molecule has 0 aliphatic carbocycles. The number of fused-ring (bicyclic) bond motifs is 1. The molecule has 3 rings (SSSR count). The Hall–Kier alpha value is -2.61. The maximum atomic E-state index is 5.41. The van der Waals surface area contributed by atoms with E-state index >= 15 is 0 Å². The molecule has 0 bridgehead atoms. The van der Waals surface area contributed by atoms with Crippen LogP contribution in [0.4, 0.5) is 11.6 Å². The topological polar surface area (TPSA) is 98.1 Å². The van der Waals surface area contributed by atoms with Crippen LogP contribution < -0.4 is 16.6 Å². The molecule has 0 unspecified atom stereocenters. The van der Waals surface area contributed by atoms with E-state index in [1.54, 1.807) is 18.6 Å². The standard InChI is InChI=1S/C12H16N8/c13-18-10-8-20-7-4-16-12(20)11(17-10)15-2-1-5-19-6-3-14-9-19/h3-4,6-9,18H,1-2,5,13H2,(H,15,17). The number of nitrogen functional groups attached to an aromatic ring is 1. The maximum Gasteiger partial charge on any atom is 0.180 e. The van der Waals surface area contributed by atoms with Crippen molar-refractivity contribution in [3.05, 3.63) is 37.3 Å². The Labute approximate surface area is 115 Å². The summed E-state index contributed by atoms with van der Waals surface area (Å²) in [7, 11) is 0. The van der Waals surface area contributed by atoms with Crippen LogP contribution in [0.25, 0.3) is 5.65 Å². The summed E-state index contributed by atoms with van der Waals surface area (Å²) in [5.74, 6) is 6.72. The number of nitrogens with one attached hydrogen (secondary N) is 2. The van der Waals surface area contributed by atoms with Crippen molar-refractivity contribution in [3.63, 3.8) is 0 Å². The number of imidazole rings is 2. The first-order chi connectivity index (χ1) is 9.86. The van der Waals surface area contributed by atoms with Crippen LogP contribution in [-0.4, -0.2) is 30.5 Å². The number of nitrogens with zero attached hydrogens (tertiary/aromatic N) is 5. The fourth-order valence-corrected chi connectivity index (χ4v) is 2.01. The molecule has 3 heterocycles. The zero-order valence-corrected chi connectivity index (χ0v) is 10.9. The zero-order chi connectivity index (χ0) is 13.8. The van der Waals surface area contributed by atoms with Crippen molar-refractivity contribution in [2.45, 2.75) is 13.0 Å². The van der Waals surface area contributed by atoms with E-state index in [-0.39, 0.29) is 0 Å². The van der Waals surface area contributed by atoms with Crippen molar-refractivity contribution in [2.24, 2.45) is 5.84 Å². The molecule has 0 atom stereocenters. The predicted octanol–water partition coefficient (Wildman–Crippen LogP) is 0.714. The highest BCUT2D eigenvalue weighted by Crippen LogP contribution is 2.15. The summed E-state index contributed by atoms with van der Waals surface area (Å²) in [6.07, 6.45) is 11.9. The van der Waals surface area contributed by atoms with Crippen molar-refractivity contribution in [1.82, 2.24) is 23.9 Å². The predicted molar refractivity (Wildman–Crippen MR) is 76.1 cm³/mol. The highest BCUT2D eigenvalue weighted by atomic mass is 15.3. The molecule has 104 valence electrons. The van der Waals surface area contributed by atoms with Crippen molar-refractivity contribution in [1.29, 1.82) is 0 Å². The van der Waals surface area contributed by atoms with E-state index in [1.165, 1.54) is 0 Å². The smallest absolute Gasteiger partial charge is 0.180 e. The van der Waals surface area contributed by atoms with Crippen LogP contribution in [-0.2, 0) is 6.54 Å². The quantitative estimate of drug-likeness (QED) is 0.347. The van der Waals surface area contributed by atoms with Gasteiger partial charge in [-0.1, -0.05) is 0 Å². The molecule has 4 N–H and O–H groups in total. The minimum atomic E-state index is 0.590. The van der Waals surface area contributed by atoms with Gasteiger partial charge in [-0.05, 0) is 6.42 Å². The van der Waals surface area contributed by atoms with E-state index in [9.17, 15) is 0 Å². The number of anilines is 2. The molecular weight excluding hydrogens is 256 g/mol. The van der Waals surface area contributed by atoms with Gasteiger partial charge in [-0.2, -0.15) is 0 Å². The van der Waals surface area contributed by atoms with E-state index in [0.29, 0.717) is 5.82 Å². The number of aryl methyl sites for hydroxylation is 1. The average molecular weight is 272 g/mol. The number of rotatable bonds is 6. The van der Waals surface area contributed by atoms with Crippen LogP contribution in [0.15, 0.2) is 37.3 Å². The lowest BCUT2D eigenvalue weighted by Gasteiger charge is -2.09. The first-order valence-corrected chi connectivity index (χ1v) is 6.37. The molecule has 0 amide bonds. The summed E-state index contributed by atoms with van der Waals surface area (Å²) in [5.41, 5.74) is 3.33. The van der Waals surface area contributed by atoms with Crippen molar-refractivity contribution < 1.29 is 0 Å². The van der Waals surface area contributed by atoms with E-state index < -0.39 is 0 Å². The van der Waals surface area contributed by atoms with Crippen LogP contribution in [0.5, 0.6) is 0 Å². The third-order valence-electron chi connectivity index (χ3n) is 2.97. The third kappa shape index (κ3) is 2.54. The molecule has 8 nitrogen and oxygen atoms in total. The van der Waals surface area contributed by atoms with Gasteiger partial charge >= 0.3 is 0 Å². The molecule has 0 aliphatic heterocycles. The summed E-state index contributed by atoms with van der Waals surface area (Å²) in [6.45, 7) is 1.70. The highest BCUT2D eigenvalue weighted by Gasteiger charge is 2.06. The summed E-state index contributed by atoms with van der Waals surface area (Å²) < 4.78 is 3.92. The zero-order valence-electron chi connectivity index (χ0n) is 10.9. The van der Waals surface area contributed by atoms with Crippen molar-refractivity contribution in [2.75, 3.05) is 17.3 Å². The normalized spacial score (nSPS) is 10.8. The highest BCUT2D eigenvalue weighted by molar-refractivity contribution is 5.65. The van der Waals surface area contributed by atoms with Crippen LogP contribution in [0.2, 0.25) is 0 Å². The molecule has 3 aromatic heterocycles. The van der Waals surface area contributed by atoms with E-state index in [0.717, 1.165) is 31.0 Å². The van der Waals surface area contributed by atoms with Gasteiger partial charge in [0.25, 0.3) is 0 Å². The van der Waals surface area contributed by atoms with Crippen LogP contribution in [0.3, 0.4) is 0 Å². The van der Waals surface area contributed by atoms with Gasteiger partial charge in [0.1, 0.15) is 0 Å². The van der Waals surface area contributed by atoms with Crippen molar-refractivity contribution in [3.8, 4) is 0 Å². The molecule has 0 fully saturated rings. The number of aromatic nitrogens is 5. The van der Waals surface area contributed by atoms with Crippen LogP contribution in [0, 0.1) is 0 Å². The van der Waals surface area contributed by atoms with Gasteiger partial charge in [-0.25, -0.2) is 20.8 Å². The summed E-state index contributed by atoms with van der Waals surface area (Å²) in [6, 6.07) is 0.